The Morgan fingerprint density at radius 2 is 1.11 bits per heavy atom. The van der Waals surface area contributed by atoms with Crippen LogP contribution in [-0.4, -0.2) is 56.9 Å². The molecule has 0 saturated heterocycles. The molecule has 8 nitrogen and oxygen atoms in total. The highest BCUT2D eigenvalue weighted by Gasteiger charge is 2.35. The normalized spacial score (nSPS) is 12.5. The molecule has 5 rings (SSSR count). The van der Waals surface area contributed by atoms with Gasteiger partial charge in [0.15, 0.2) is 5.11 Å². The number of carbonyl (C=O) groups excluding carboxylic acids is 1. The van der Waals surface area contributed by atoms with E-state index in [2.05, 4.69) is 59.2 Å². The molecule has 282 valence electrons. The van der Waals surface area contributed by atoms with Crippen LogP contribution >= 0.6 is 19.3 Å². The number of hydrogen-bond acceptors (Lipinski definition) is 6. The highest BCUT2D eigenvalue weighted by atomic mass is 32.1. The fourth-order valence-electron chi connectivity index (χ4n) is 6.35. The van der Waals surface area contributed by atoms with Gasteiger partial charge in [0, 0.05) is 29.5 Å². The van der Waals surface area contributed by atoms with Crippen LogP contribution in [-0.2, 0) is 11.3 Å². The first-order chi connectivity index (χ1) is 26.0. The lowest BCUT2D eigenvalue weighted by molar-refractivity contribution is -0.134. The Kier molecular flexibility index (Phi) is 13.6. The Hall–Kier alpha value is -5.11. The van der Waals surface area contributed by atoms with Crippen molar-refractivity contribution in [2.45, 2.75) is 39.4 Å². The van der Waals surface area contributed by atoms with Gasteiger partial charge in [-0.05, 0) is 102 Å². The molecule has 0 heterocycles. The van der Waals surface area contributed by atoms with Gasteiger partial charge in [0.2, 0.25) is 5.91 Å². The summed E-state index contributed by atoms with van der Waals surface area (Å²) in [4.78, 5) is 15.7. The average molecular weight is 763 g/mol. The molecule has 0 radical (unpaired) electrons. The fraction of sp³-hybridized carbons (Fsp3) is 0.273. The van der Waals surface area contributed by atoms with Crippen molar-refractivity contribution >= 4 is 46.2 Å². The maximum atomic E-state index is 14.0. The molecule has 0 saturated carbocycles. The van der Waals surface area contributed by atoms with E-state index in [1.807, 2.05) is 113 Å². The van der Waals surface area contributed by atoms with Crippen LogP contribution in [0.3, 0.4) is 0 Å². The zero-order valence-corrected chi connectivity index (χ0v) is 33.9. The summed E-state index contributed by atoms with van der Waals surface area (Å²) in [6.45, 7) is 6.99. The van der Waals surface area contributed by atoms with Crippen molar-refractivity contribution in [3.05, 3.63) is 145 Å². The molecule has 0 unspecified atom stereocenters. The predicted molar refractivity (Wildman–Crippen MR) is 226 cm³/mol. The lowest BCUT2D eigenvalue weighted by Crippen LogP contribution is -2.56. The Morgan fingerprint density at radius 1 is 0.685 bits per heavy atom. The van der Waals surface area contributed by atoms with E-state index in [0.717, 1.165) is 44.3 Å². The molecular formula is C44H51N4O4PS. The van der Waals surface area contributed by atoms with Gasteiger partial charge >= 0.3 is 0 Å². The number of amides is 1. The van der Waals surface area contributed by atoms with Crippen LogP contribution in [0.5, 0.6) is 17.2 Å². The molecule has 0 bridgehead atoms. The van der Waals surface area contributed by atoms with Crippen molar-refractivity contribution in [1.29, 1.82) is 0 Å². The van der Waals surface area contributed by atoms with Gasteiger partial charge in [-0.1, -0.05) is 81.4 Å². The highest BCUT2D eigenvalue weighted by Crippen LogP contribution is 2.48. The predicted octanol–water partition coefficient (Wildman–Crippen LogP) is 7.47. The molecule has 54 heavy (non-hydrogen) atoms. The van der Waals surface area contributed by atoms with Gasteiger partial charge in [-0.2, -0.15) is 0 Å². The molecule has 0 fully saturated rings. The third kappa shape index (κ3) is 9.70. The smallest absolute Gasteiger partial charge is 0.245 e. The Bertz CT molecular complexity index is 1900. The van der Waals surface area contributed by atoms with E-state index in [9.17, 15) is 4.79 Å². The zero-order chi connectivity index (χ0) is 38.7. The summed E-state index contributed by atoms with van der Waals surface area (Å²) in [5.41, 5.74) is 1.64. The van der Waals surface area contributed by atoms with Crippen LogP contribution in [0.15, 0.2) is 138 Å². The van der Waals surface area contributed by atoms with Crippen LogP contribution in [0.1, 0.15) is 37.9 Å². The first kappa shape index (κ1) is 40.1. The Balaban J connectivity index is 1.57. The minimum Gasteiger partial charge on any atom is -0.497 e. The van der Waals surface area contributed by atoms with Crippen molar-refractivity contribution < 1.29 is 19.0 Å². The number of thiocarbonyl (C=S) groups is 1. The van der Waals surface area contributed by atoms with Gasteiger partial charge in [-0.15, -0.1) is 0 Å². The summed E-state index contributed by atoms with van der Waals surface area (Å²) in [6, 6.07) is 43.8. The van der Waals surface area contributed by atoms with Gasteiger partial charge in [-0.3, -0.25) is 9.54 Å². The maximum Gasteiger partial charge on any atom is 0.245 e. The topological polar surface area (TPSA) is 84.4 Å². The lowest BCUT2D eigenvalue weighted by Gasteiger charge is -2.35. The van der Waals surface area contributed by atoms with Crippen LogP contribution < -0.4 is 40.8 Å². The lowest BCUT2D eigenvalue weighted by atomic mass is 9.86. The maximum absolute atomic E-state index is 14.0. The second-order valence-electron chi connectivity index (χ2n) is 14.1. The molecule has 2 N–H and O–H groups in total. The van der Waals surface area contributed by atoms with Crippen molar-refractivity contribution in [2.75, 3.05) is 34.9 Å². The van der Waals surface area contributed by atoms with Crippen LogP contribution in [0.2, 0.25) is 0 Å². The van der Waals surface area contributed by atoms with Crippen molar-refractivity contribution in [1.82, 2.24) is 15.5 Å². The summed E-state index contributed by atoms with van der Waals surface area (Å²) in [5.74, 6) is 2.25. The number of nitrogens with one attached hydrogen (secondary N) is 2. The summed E-state index contributed by atoms with van der Waals surface area (Å²) >= 11 is 6.01. The van der Waals surface area contributed by atoms with Gasteiger partial charge in [0.05, 0.1) is 41.0 Å². The first-order valence-corrected chi connectivity index (χ1v) is 20.1. The third-order valence-corrected chi connectivity index (χ3v) is 13.3. The molecule has 10 heteroatoms. The van der Waals surface area contributed by atoms with Crippen molar-refractivity contribution in [2.24, 2.45) is 10.2 Å². The molecule has 0 aliphatic carbocycles. The summed E-state index contributed by atoms with van der Waals surface area (Å²) < 4.78 is 22.4. The highest BCUT2D eigenvalue weighted by molar-refractivity contribution is 7.87. The number of methoxy groups -OCH3 is 3. The van der Waals surface area contributed by atoms with E-state index >= 15 is 0 Å². The van der Waals surface area contributed by atoms with E-state index in [1.54, 1.807) is 26.2 Å². The fourth-order valence-corrected chi connectivity index (χ4v) is 10.1. The number of ether oxygens (including phenoxy) is 3. The molecular weight excluding hydrogens is 712 g/mol. The van der Waals surface area contributed by atoms with E-state index in [4.69, 9.17) is 31.2 Å². The number of nitrogens with zero attached hydrogens (tertiary/aromatic N) is 2. The van der Waals surface area contributed by atoms with Crippen LogP contribution in [0.25, 0.3) is 0 Å². The second-order valence-corrected chi connectivity index (χ2v) is 17.6. The molecule has 0 aliphatic heterocycles. The molecule has 0 spiro atoms. The van der Waals surface area contributed by atoms with E-state index in [-0.39, 0.29) is 11.9 Å². The van der Waals surface area contributed by atoms with Gasteiger partial charge in [-0.25, -0.2) is 0 Å². The summed E-state index contributed by atoms with van der Waals surface area (Å²) in [7, 11) is 4.15. The molecule has 5 aromatic carbocycles. The summed E-state index contributed by atoms with van der Waals surface area (Å²) in [6.07, 6.45) is 0. The van der Waals surface area contributed by atoms with Gasteiger partial charge in [0.25, 0.3) is 0 Å². The molecule has 0 aromatic heterocycles. The van der Waals surface area contributed by atoms with Crippen LogP contribution in [0, 0.1) is 5.41 Å². The van der Waals surface area contributed by atoms with Gasteiger partial charge < -0.3 is 29.7 Å². The van der Waals surface area contributed by atoms with E-state index < -0.39 is 18.5 Å². The minimum atomic E-state index is -2.68. The average Bonchev–Trinajstić information content (AvgIpc) is 3.20. The summed E-state index contributed by atoms with van der Waals surface area (Å²) in [5, 5.41) is 10.5. The third-order valence-electron chi connectivity index (χ3n) is 9.35. The largest absolute Gasteiger partial charge is 0.497 e. The standard InChI is InChI=1S/C44H51N4O4PS/c1-44(2,3)41(42(49)48(4)31-32-14-10-8-11-15-32)47-43(54)46-40(33-16-12-9-13-17-33)30-45-53(37-24-18-34(50-5)19-25-37,38-26-20-35(51-6)21-27-38)39-28-22-36(52-7)23-29-39/h8-29,40-41H,30-31H2,1-7H3,(H2,46,47,54)/t40-,41+/m1/s1. The SMILES string of the molecule is COc1ccc(P(=NC[C@@H](NC(=S)N[C@@H](C(=O)N(C)Cc2ccccc2)C(C)(C)C)c2ccccc2)(c2ccc(OC)cc2)c2ccc(OC)cc2)cc1. The number of carbonyl (C=O) groups is 1. The Labute approximate surface area is 325 Å². The van der Waals surface area contributed by atoms with Crippen LogP contribution in [0.4, 0.5) is 0 Å². The molecule has 0 aliphatic rings. The van der Waals surface area contributed by atoms with Crippen molar-refractivity contribution in [3.8, 4) is 17.2 Å². The van der Waals surface area contributed by atoms with E-state index in [0.29, 0.717) is 18.2 Å². The molecule has 5 aromatic rings. The van der Waals surface area contributed by atoms with Crippen molar-refractivity contribution in [3.63, 3.8) is 0 Å². The molecule has 2 atom stereocenters. The number of likely N-dealkylation sites (N-methyl/N-ethyl adjacent to an activating group) is 1. The quantitative estimate of drug-likeness (QED) is 0.0898. The zero-order valence-electron chi connectivity index (χ0n) is 32.2. The number of hydrogen-bond donors (Lipinski definition) is 2. The second kappa shape index (κ2) is 18.3. The molecule has 1 amide bonds. The number of benzene rings is 5. The number of rotatable bonds is 14. The Morgan fingerprint density at radius 3 is 1.52 bits per heavy atom. The monoisotopic (exact) mass is 762 g/mol. The van der Waals surface area contributed by atoms with E-state index in [1.165, 1.54) is 0 Å². The van der Waals surface area contributed by atoms with Gasteiger partial charge in [0.1, 0.15) is 23.3 Å². The minimum absolute atomic E-state index is 0.0417. The first-order valence-electron chi connectivity index (χ1n) is 17.9.